The summed E-state index contributed by atoms with van der Waals surface area (Å²) in [4.78, 5) is 4.13. The molecule has 1 atom stereocenters. The van der Waals surface area contributed by atoms with Gasteiger partial charge in [-0.2, -0.15) is 0 Å². The lowest BCUT2D eigenvalue weighted by Crippen LogP contribution is -2.24. The van der Waals surface area contributed by atoms with Crippen LogP contribution in [0.4, 0.5) is 0 Å². The van der Waals surface area contributed by atoms with Crippen molar-refractivity contribution in [2.24, 2.45) is 0 Å². The van der Waals surface area contributed by atoms with Crippen LogP contribution in [0.3, 0.4) is 0 Å². The summed E-state index contributed by atoms with van der Waals surface area (Å²) in [6, 6.07) is 3.90. The normalized spacial score (nSPS) is 20.2. The van der Waals surface area contributed by atoms with Gasteiger partial charge >= 0.3 is 0 Å². The molecule has 0 radical (unpaired) electrons. The van der Waals surface area contributed by atoms with Crippen LogP contribution in [-0.2, 0) is 4.43 Å². The minimum Gasteiger partial charge on any atom is -0.548 e. The highest BCUT2D eigenvalue weighted by molar-refractivity contribution is 6.70. The summed E-state index contributed by atoms with van der Waals surface area (Å²) in [5.41, 5.74) is 1.23. The minimum absolute atomic E-state index is 0.436. The molecule has 0 bridgehead atoms. The van der Waals surface area contributed by atoms with Gasteiger partial charge in [-0.1, -0.05) is 17.7 Å². The number of hydrogen-bond donors (Lipinski definition) is 0. The van der Waals surface area contributed by atoms with E-state index in [9.17, 15) is 0 Å². The Kier molecular flexibility index (Phi) is 3.59. The van der Waals surface area contributed by atoms with Crippen molar-refractivity contribution in [1.29, 1.82) is 0 Å². The monoisotopic (exact) mass is 267 g/mol. The molecular weight excluding hydrogens is 250 g/mol. The molecule has 1 aliphatic rings. The lowest BCUT2D eigenvalue weighted by Gasteiger charge is -2.19. The van der Waals surface area contributed by atoms with E-state index >= 15 is 0 Å². The zero-order valence-corrected chi connectivity index (χ0v) is 12.3. The van der Waals surface area contributed by atoms with Gasteiger partial charge in [0.15, 0.2) is 0 Å². The molecule has 1 unspecified atom stereocenters. The van der Waals surface area contributed by atoms with Gasteiger partial charge in [0.25, 0.3) is 0 Å². The Hall–Kier alpha value is -0.803. The Labute approximate surface area is 109 Å². The van der Waals surface area contributed by atoms with E-state index in [2.05, 4.69) is 30.7 Å². The molecule has 0 aromatic carbocycles. The molecule has 1 aromatic rings. The molecule has 1 heterocycles. The molecule has 1 aliphatic carbocycles. The van der Waals surface area contributed by atoms with Crippen LogP contribution in [0.5, 0.6) is 0 Å². The molecular formula is C13H18ClNOSi. The van der Waals surface area contributed by atoms with Crippen molar-refractivity contribution in [3.8, 4) is 0 Å². The van der Waals surface area contributed by atoms with Crippen molar-refractivity contribution < 1.29 is 4.43 Å². The minimum atomic E-state index is -1.47. The summed E-state index contributed by atoms with van der Waals surface area (Å²) in [7, 11) is -1.47. The van der Waals surface area contributed by atoms with Gasteiger partial charge in [-0.05, 0) is 43.8 Å². The van der Waals surface area contributed by atoms with Gasteiger partial charge in [-0.25, -0.2) is 4.98 Å². The van der Waals surface area contributed by atoms with Gasteiger partial charge in [-0.3, -0.25) is 0 Å². The molecule has 0 saturated heterocycles. The average Bonchev–Trinajstić information content (AvgIpc) is 2.64. The number of nitrogens with zero attached hydrogens (tertiary/aromatic N) is 1. The van der Waals surface area contributed by atoms with Gasteiger partial charge in [-0.15, -0.1) is 0 Å². The zero-order chi connectivity index (χ0) is 12.5. The Morgan fingerprint density at radius 2 is 2.12 bits per heavy atom. The van der Waals surface area contributed by atoms with Crippen molar-refractivity contribution >= 4 is 19.9 Å². The number of allylic oxidation sites excluding steroid dienone is 2. The van der Waals surface area contributed by atoms with Gasteiger partial charge in [0.2, 0.25) is 8.32 Å². The molecule has 2 rings (SSSR count). The molecule has 4 heteroatoms. The first kappa shape index (κ1) is 12.6. The summed E-state index contributed by atoms with van der Waals surface area (Å²) >= 11 is 5.79. The van der Waals surface area contributed by atoms with Crippen LogP contribution in [0.1, 0.15) is 24.3 Å². The number of rotatable bonds is 3. The summed E-state index contributed by atoms with van der Waals surface area (Å²) in [5, 5.41) is 0.550. The Morgan fingerprint density at radius 1 is 1.35 bits per heavy atom. The third-order valence-corrected chi connectivity index (χ3v) is 3.80. The molecule has 2 nitrogen and oxygen atoms in total. The molecule has 0 aliphatic heterocycles. The summed E-state index contributed by atoms with van der Waals surface area (Å²) in [6.07, 6.45) is 6.25. The Bertz CT molecular complexity index is 422. The van der Waals surface area contributed by atoms with E-state index in [1.54, 1.807) is 0 Å². The molecule has 0 spiro atoms. The molecule has 0 amide bonds. The Morgan fingerprint density at radius 3 is 2.71 bits per heavy atom. The van der Waals surface area contributed by atoms with E-state index in [0.717, 1.165) is 18.6 Å². The number of aromatic nitrogens is 1. The van der Waals surface area contributed by atoms with Crippen LogP contribution in [0.15, 0.2) is 30.2 Å². The second-order valence-electron chi connectivity index (χ2n) is 5.41. The highest BCUT2D eigenvalue weighted by atomic mass is 35.5. The predicted octanol–water partition coefficient (Wildman–Crippen LogP) is 4.35. The van der Waals surface area contributed by atoms with Crippen molar-refractivity contribution in [2.45, 2.75) is 38.4 Å². The van der Waals surface area contributed by atoms with E-state index in [1.165, 1.54) is 5.56 Å². The van der Waals surface area contributed by atoms with Crippen LogP contribution in [-0.4, -0.2) is 13.3 Å². The standard InChI is InChI=1S/C13H18ClNOSi/c1-17(2,3)16-12-6-4-10(8-12)11-5-7-13(14)15-9-11/h5,7-10H,4,6H2,1-3H3. The van der Waals surface area contributed by atoms with Crippen LogP contribution in [0, 0.1) is 0 Å². The van der Waals surface area contributed by atoms with Gasteiger partial charge in [0.05, 0.1) is 5.76 Å². The number of halogens is 1. The second-order valence-corrected chi connectivity index (χ2v) is 10.2. The third-order valence-electron chi connectivity index (χ3n) is 2.70. The maximum absolute atomic E-state index is 6.03. The van der Waals surface area contributed by atoms with Gasteiger partial charge in [0.1, 0.15) is 5.15 Å². The van der Waals surface area contributed by atoms with E-state index in [-0.39, 0.29) is 0 Å². The average molecular weight is 268 g/mol. The maximum atomic E-state index is 6.03. The lowest BCUT2D eigenvalue weighted by molar-refractivity contribution is 0.408. The predicted molar refractivity (Wildman–Crippen MR) is 73.7 cm³/mol. The van der Waals surface area contributed by atoms with Crippen LogP contribution < -0.4 is 0 Å². The molecule has 1 aromatic heterocycles. The first-order chi connectivity index (χ1) is 7.94. The fourth-order valence-electron chi connectivity index (χ4n) is 2.04. The van der Waals surface area contributed by atoms with Crippen molar-refractivity contribution in [2.75, 3.05) is 0 Å². The molecule has 0 N–H and O–H groups in total. The Balaban J connectivity index is 2.08. The topological polar surface area (TPSA) is 22.1 Å². The summed E-state index contributed by atoms with van der Waals surface area (Å²) in [5.74, 6) is 1.59. The number of pyridine rings is 1. The summed E-state index contributed by atoms with van der Waals surface area (Å²) < 4.78 is 6.03. The van der Waals surface area contributed by atoms with Crippen LogP contribution >= 0.6 is 11.6 Å². The highest BCUT2D eigenvalue weighted by Crippen LogP contribution is 2.34. The van der Waals surface area contributed by atoms with E-state index < -0.39 is 8.32 Å². The fraction of sp³-hybridized carbons (Fsp3) is 0.462. The molecule has 0 fully saturated rings. The highest BCUT2D eigenvalue weighted by Gasteiger charge is 2.23. The maximum Gasteiger partial charge on any atom is 0.241 e. The van der Waals surface area contributed by atoms with Crippen molar-refractivity contribution in [3.63, 3.8) is 0 Å². The molecule has 92 valence electrons. The quantitative estimate of drug-likeness (QED) is 0.600. The smallest absolute Gasteiger partial charge is 0.241 e. The molecule has 0 saturated carbocycles. The van der Waals surface area contributed by atoms with Gasteiger partial charge in [0, 0.05) is 18.5 Å². The first-order valence-electron chi connectivity index (χ1n) is 5.95. The SMILES string of the molecule is C[Si](C)(C)OC1=CC(c2ccc(Cl)nc2)CC1. The van der Waals surface area contributed by atoms with Crippen LogP contribution in [0.2, 0.25) is 24.8 Å². The van der Waals surface area contributed by atoms with Crippen molar-refractivity contribution in [1.82, 2.24) is 4.98 Å². The van der Waals surface area contributed by atoms with E-state index in [0.29, 0.717) is 11.1 Å². The largest absolute Gasteiger partial charge is 0.548 e. The zero-order valence-electron chi connectivity index (χ0n) is 10.5. The number of hydrogen-bond acceptors (Lipinski definition) is 2. The van der Waals surface area contributed by atoms with E-state index in [4.69, 9.17) is 16.0 Å². The lowest BCUT2D eigenvalue weighted by atomic mass is 10.0. The first-order valence-corrected chi connectivity index (χ1v) is 9.74. The molecule has 17 heavy (non-hydrogen) atoms. The third kappa shape index (κ3) is 3.58. The van der Waals surface area contributed by atoms with Gasteiger partial charge < -0.3 is 4.43 Å². The van der Waals surface area contributed by atoms with E-state index in [1.807, 2.05) is 18.3 Å². The van der Waals surface area contributed by atoms with Crippen molar-refractivity contribution in [3.05, 3.63) is 40.9 Å². The van der Waals surface area contributed by atoms with Crippen LogP contribution in [0.25, 0.3) is 0 Å². The fourth-order valence-corrected chi connectivity index (χ4v) is 3.11. The summed E-state index contributed by atoms with van der Waals surface area (Å²) in [6.45, 7) is 6.64. The second kappa shape index (κ2) is 4.82.